The third-order valence-corrected chi connectivity index (χ3v) is 4.31. The maximum absolute atomic E-state index is 12.8. The highest BCUT2D eigenvalue weighted by Gasteiger charge is 2.31. The maximum atomic E-state index is 12.8. The summed E-state index contributed by atoms with van der Waals surface area (Å²) in [4.78, 5) is 25.5. The monoisotopic (exact) mass is 345 g/mol. The average Bonchev–Trinajstić information content (AvgIpc) is 3.06. The van der Waals surface area contributed by atoms with E-state index in [0.717, 1.165) is 11.1 Å². The van der Waals surface area contributed by atoms with E-state index in [1.807, 2.05) is 54.6 Å². The summed E-state index contributed by atoms with van der Waals surface area (Å²) in [6.07, 6.45) is 1.22. The molecule has 0 radical (unpaired) electrons. The van der Waals surface area contributed by atoms with E-state index in [4.69, 9.17) is 5.11 Å². The predicted molar refractivity (Wildman–Crippen MR) is 94.6 cm³/mol. The molecule has 1 aliphatic heterocycles. The lowest BCUT2D eigenvalue weighted by Gasteiger charge is -2.18. The first-order valence-electron chi connectivity index (χ1n) is 7.79. The molecular formula is C19H20ClNO3. The molecular weight excluding hydrogens is 326 g/mol. The maximum Gasteiger partial charge on any atom is 0.308 e. The third-order valence-electron chi connectivity index (χ3n) is 4.31. The van der Waals surface area contributed by atoms with Crippen LogP contribution in [0.15, 0.2) is 54.6 Å². The summed E-state index contributed by atoms with van der Waals surface area (Å²) in [5, 5.41) is 9.09. The zero-order valence-corrected chi connectivity index (χ0v) is 14.0. The van der Waals surface area contributed by atoms with Crippen molar-refractivity contribution in [3.05, 3.63) is 71.3 Å². The Morgan fingerprint density at radius 1 is 1.04 bits per heavy atom. The van der Waals surface area contributed by atoms with Crippen molar-refractivity contribution in [2.45, 2.75) is 12.8 Å². The number of rotatable bonds is 4. The highest BCUT2D eigenvalue weighted by Crippen LogP contribution is 2.22. The van der Waals surface area contributed by atoms with Gasteiger partial charge in [0.05, 0.1) is 5.92 Å². The van der Waals surface area contributed by atoms with Gasteiger partial charge in [0, 0.05) is 18.7 Å². The van der Waals surface area contributed by atoms with Crippen molar-refractivity contribution in [1.82, 2.24) is 4.90 Å². The summed E-state index contributed by atoms with van der Waals surface area (Å²) in [7, 11) is 0. The number of benzene rings is 2. The zero-order chi connectivity index (χ0) is 16.2. The SMILES string of the molecule is Cl.O=C(O)C1CCN(C(=O)c2ccccc2Cc2ccccc2)C1. The molecule has 2 aromatic rings. The molecule has 1 unspecified atom stereocenters. The number of hydrogen-bond donors (Lipinski definition) is 1. The second kappa shape index (κ2) is 7.97. The quantitative estimate of drug-likeness (QED) is 0.925. The van der Waals surface area contributed by atoms with Crippen LogP contribution in [-0.2, 0) is 11.2 Å². The molecule has 4 nitrogen and oxygen atoms in total. The lowest BCUT2D eigenvalue weighted by Crippen LogP contribution is -2.30. The number of carbonyl (C=O) groups excluding carboxylic acids is 1. The Labute approximate surface area is 147 Å². The fraction of sp³-hybridized carbons (Fsp3) is 0.263. The molecule has 126 valence electrons. The number of nitrogens with zero attached hydrogens (tertiary/aromatic N) is 1. The second-order valence-corrected chi connectivity index (χ2v) is 5.89. The number of likely N-dealkylation sites (tertiary alicyclic amines) is 1. The first-order chi connectivity index (χ1) is 11.1. The Bertz CT molecular complexity index is 718. The summed E-state index contributed by atoms with van der Waals surface area (Å²) >= 11 is 0. The van der Waals surface area contributed by atoms with Gasteiger partial charge in [-0.15, -0.1) is 12.4 Å². The molecule has 1 aliphatic rings. The van der Waals surface area contributed by atoms with Crippen LogP contribution in [0.3, 0.4) is 0 Å². The minimum absolute atomic E-state index is 0. The van der Waals surface area contributed by atoms with Crippen molar-refractivity contribution < 1.29 is 14.7 Å². The lowest BCUT2D eigenvalue weighted by atomic mass is 9.99. The Morgan fingerprint density at radius 3 is 2.38 bits per heavy atom. The van der Waals surface area contributed by atoms with Gasteiger partial charge < -0.3 is 10.0 Å². The van der Waals surface area contributed by atoms with Gasteiger partial charge in [-0.25, -0.2) is 0 Å². The van der Waals surface area contributed by atoms with Crippen molar-refractivity contribution >= 4 is 24.3 Å². The number of carboxylic acids is 1. The smallest absolute Gasteiger partial charge is 0.308 e. The van der Waals surface area contributed by atoms with Crippen molar-refractivity contribution in [2.75, 3.05) is 13.1 Å². The molecule has 2 aromatic carbocycles. The van der Waals surface area contributed by atoms with Gasteiger partial charge in [-0.3, -0.25) is 9.59 Å². The van der Waals surface area contributed by atoms with E-state index in [0.29, 0.717) is 31.5 Å². The van der Waals surface area contributed by atoms with Crippen molar-refractivity contribution in [3.8, 4) is 0 Å². The van der Waals surface area contributed by atoms with Crippen molar-refractivity contribution in [2.24, 2.45) is 5.92 Å². The molecule has 1 N–H and O–H groups in total. The number of amides is 1. The van der Waals surface area contributed by atoms with Crippen LogP contribution in [0.5, 0.6) is 0 Å². The largest absolute Gasteiger partial charge is 0.481 e. The van der Waals surface area contributed by atoms with Gasteiger partial charge in [0.25, 0.3) is 5.91 Å². The predicted octanol–water partition coefficient (Wildman–Crippen LogP) is 3.25. The standard InChI is InChI=1S/C19H19NO3.ClH/c21-18(20-11-10-16(13-20)19(22)23)17-9-5-4-8-15(17)12-14-6-2-1-3-7-14;/h1-9,16H,10-13H2,(H,22,23);1H. The van der Waals surface area contributed by atoms with E-state index in [2.05, 4.69) is 0 Å². The summed E-state index contributed by atoms with van der Waals surface area (Å²) in [6.45, 7) is 0.809. The normalized spacial score (nSPS) is 16.5. The Morgan fingerprint density at radius 2 is 1.71 bits per heavy atom. The summed E-state index contributed by atoms with van der Waals surface area (Å²) in [5.74, 6) is -1.33. The number of hydrogen-bond acceptors (Lipinski definition) is 2. The number of carboxylic acid groups (broad SMARTS) is 1. The molecule has 0 bridgehead atoms. The fourth-order valence-electron chi connectivity index (χ4n) is 3.02. The van der Waals surface area contributed by atoms with E-state index in [9.17, 15) is 9.59 Å². The van der Waals surface area contributed by atoms with E-state index in [1.54, 1.807) is 4.90 Å². The van der Waals surface area contributed by atoms with Gasteiger partial charge in [-0.2, -0.15) is 0 Å². The van der Waals surface area contributed by atoms with Crippen LogP contribution < -0.4 is 0 Å². The van der Waals surface area contributed by atoms with E-state index in [-0.39, 0.29) is 18.3 Å². The molecule has 0 aromatic heterocycles. The van der Waals surface area contributed by atoms with Crippen LogP contribution in [0.25, 0.3) is 0 Å². The molecule has 3 rings (SSSR count). The minimum atomic E-state index is -0.821. The van der Waals surface area contributed by atoms with E-state index < -0.39 is 11.9 Å². The van der Waals surface area contributed by atoms with Crippen LogP contribution in [0.1, 0.15) is 27.9 Å². The summed E-state index contributed by atoms with van der Waals surface area (Å²) < 4.78 is 0. The Balaban J connectivity index is 0.00000208. The van der Waals surface area contributed by atoms with Crippen LogP contribution >= 0.6 is 12.4 Å². The van der Waals surface area contributed by atoms with Gasteiger partial charge in [0.1, 0.15) is 0 Å². The Hall–Kier alpha value is -2.33. The summed E-state index contributed by atoms with van der Waals surface area (Å²) in [5.41, 5.74) is 2.79. The third kappa shape index (κ3) is 3.95. The van der Waals surface area contributed by atoms with Crippen molar-refractivity contribution in [3.63, 3.8) is 0 Å². The molecule has 1 heterocycles. The minimum Gasteiger partial charge on any atom is -0.481 e. The van der Waals surface area contributed by atoms with Gasteiger partial charge in [0.15, 0.2) is 0 Å². The molecule has 0 aliphatic carbocycles. The zero-order valence-electron chi connectivity index (χ0n) is 13.2. The first-order valence-corrected chi connectivity index (χ1v) is 7.79. The van der Waals surface area contributed by atoms with Gasteiger partial charge in [0.2, 0.25) is 0 Å². The van der Waals surface area contributed by atoms with Gasteiger partial charge in [-0.05, 0) is 30.0 Å². The van der Waals surface area contributed by atoms with Gasteiger partial charge in [-0.1, -0.05) is 48.5 Å². The number of halogens is 1. The molecule has 1 atom stereocenters. The molecule has 0 saturated carbocycles. The number of carbonyl (C=O) groups is 2. The second-order valence-electron chi connectivity index (χ2n) is 5.89. The lowest BCUT2D eigenvalue weighted by molar-refractivity contribution is -0.141. The van der Waals surface area contributed by atoms with E-state index >= 15 is 0 Å². The fourth-order valence-corrected chi connectivity index (χ4v) is 3.02. The molecule has 24 heavy (non-hydrogen) atoms. The topological polar surface area (TPSA) is 57.6 Å². The number of aliphatic carboxylic acids is 1. The molecule has 1 saturated heterocycles. The van der Waals surface area contributed by atoms with Crippen LogP contribution in [0, 0.1) is 5.92 Å². The molecule has 5 heteroatoms. The summed E-state index contributed by atoms with van der Waals surface area (Å²) in [6, 6.07) is 17.6. The van der Waals surface area contributed by atoms with Crippen LogP contribution in [0.2, 0.25) is 0 Å². The van der Waals surface area contributed by atoms with Crippen LogP contribution in [0.4, 0.5) is 0 Å². The highest BCUT2D eigenvalue weighted by molar-refractivity contribution is 5.96. The average molecular weight is 346 g/mol. The highest BCUT2D eigenvalue weighted by atomic mass is 35.5. The molecule has 1 fully saturated rings. The van der Waals surface area contributed by atoms with E-state index in [1.165, 1.54) is 0 Å². The Kier molecular flexibility index (Phi) is 5.99. The molecule has 1 amide bonds. The van der Waals surface area contributed by atoms with Gasteiger partial charge >= 0.3 is 5.97 Å². The van der Waals surface area contributed by atoms with Crippen LogP contribution in [-0.4, -0.2) is 35.0 Å². The van der Waals surface area contributed by atoms with Crippen molar-refractivity contribution in [1.29, 1.82) is 0 Å². The first kappa shape index (κ1) is 18.0. The molecule has 0 spiro atoms.